The molecule has 3 rings (SSSR count). The topological polar surface area (TPSA) is 70.7 Å². The van der Waals surface area contributed by atoms with Gasteiger partial charge < -0.3 is 5.32 Å². The molecule has 0 fully saturated rings. The number of carbonyl (C=O) groups is 1. The number of aryl methyl sites for hydroxylation is 1. The third kappa shape index (κ3) is 3.86. The average Bonchev–Trinajstić information content (AvgIpc) is 2.98. The van der Waals surface area contributed by atoms with Crippen molar-refractivity contribution >= 4 is 27.5 Å². The summed E-state index contributed by atoms with van der Waals surface area (Å²) in [4.78, 5) is 16.4. The van der Waals surface area contributed by atoms with Gasteiger partial charge in [-0.2, -0.15) is 5.10 Å². The highest BCUT2D eigenvalue weighted by atomic mass is 79.9. The van der Waals surface area contributed by atoms with Gasteiger partial charge in [0.25, 0.3) is 0 Å². The van der Waals surface area contributed by atoms with Gasteiger partial charge >= 0.3 is 0 Å². The van der Waals surface area contributed by atoms with Crippen molar-refractivity contribution in [3.63, 3.8) is 0 Å². The molecule has 0 saturated heterocycles. The number of nitrogens with zero attached hydrogens (tertiary/aromatic N) is 2. The first-order valence-electron chi connectivity index (χ1n) is 7.24. The van der Waals surface area contributed by atoms with Crippen LogP contribution in [0.4, 0.5) is 10.1 Å². The number of aromatic nitrogens is 3. The number of carbonyl (C=O) groups excluding carboxylic acids is 1. The summed E-state index contributed by atoms with van der Waals surface area (Å²) in [5.41, 5.74) is 2.11. The van der Waals surface area contributed by atoms with Crippen LogP contribution in [0.3, 0.4) is 0 Å². The van der Waals surface area contributed by atoms with E-state index in [0.717, 1.165) is 11.4 Å². The van der Waals surface area contributed by atoms with Gasteiger partial charge in [-0.15, -0.1) is 0 Å². The monoisotopic (exact) mass is 388 g/mol. The van der Waals surface area contributed by atoms with Crippen molar-refractivity contribution in [2.24, 2.45) is 0 Å². The van der Waals surface area contributed by atoms with Crippen molar-refractivity contribution in [3.8, 4) is 11.4 Å². The van der Waals surface area contributed by atoms with E-state index in [-0.39, 0.29) is 18.1 Å². The number of hydrogen-bond donors (Lipinski definition) is 2. The lowest BCUT2D eigenvalue weighted by Crippen LogP contribution is -2.14. The van der Waals surface area contributed by atoms with Crippen molar-refractivity contribution in [3.05, 3.63) is 64.1 Å². The molecule has 0 unspecified atom stereocenters. The largest absolute Gasteiger partial charge is 0.326 e. The van der Waals surface area contributed by atoms with E-state index in [1.807, 2.05) is 19.1 Å². The summed E-state index contributed by atoms with van der Waals surface area (Å²) in [6.07, 6.45) is 0.0835. The molecule has 122 valence electrons. The Morgan fingerprint density at radius 2 is 2.00 bits per heavy atom. The quantitative estimate of drug-likeness (QED) is 0.712. The van der Waals surface area contributed by atoms with E-state index in [1.54, 1.807) is 18.2 Å². The number of hydrogen-bond acceptors (Lipinski definition) is 3. The van der Waals surface area contributed by atoms with Crippen LogP contribution in [0.15, 0.2) is 46.9 Å². The zero-order valence-electron chi connectivity index (χ0n) is 12.8. The van der Waals surface area contributed by atoms with Gasteiger partial charge in [-0.25, -0.2) is 9.37 Å². The fraction of sp³-hybridized carbons (Fsp3) is 0.118. The summed E-state index contributed by atoms with van der Waals surface area (Å²) in [6.45, 7) is 1.83. The number of H-pyrrole nitrogens is 1. The van der Waals surface area contributed by atoms with Crippen LogP contribution in [-0.4, -0.2) is 21.1 Å². The third-order valence-corrected chi connectivity index (χ3v) is 4.16. The molecule has 0 aliphatic heterocycles. The summed E-state index contributed by atoms with van der Waals surface area (Å²) in [5.74, 6) is 0.757. The van der Waals surface area contributed by atoms with E-state index in [0.29, 0.717) is 21.5 Å². The molecule has 0 atom stereocenters. The van der Waals surface area contributed by atoms with E-state index in [2.05, 4.69) is 36.4 Å². The molecular formula is C17H14BrFN4O. The van der Waals surface area contributed by atoms with Gasteiger partial charge in [0.1, 0.15) is 11.6 Å². The number of anilines is 1. The Bertz CT molecular complexity index is 877. The Balaban J connectivity index is 1.67. The van der Waals surface area contributed by atoms with E-state index in [1.165, 1.54) is 12.1 Å². The number of benzene rings is 2. The summed E-state index contributed by atoms with van der Waals surface area (Å²) in [6, 6.07) is 11.5. The summed E-state index contributed by atoms with van der Waals surface area (Å²) in [7, 11) is 0. The van der Waals surface area contributed by atoms with Crippen LogP contribution < -0.4 is 5.32 Å². The highest BCUT2D eigenvalue weighted by Gasteiger charge is 2.09. The maximum atomic E-state index is 13.3. The van der Waals surface area contributed by atoms with Gasteiger partial charge in [-0.3, -0.25) is 9.89 Å². The van der Waals surface area contributed by atoms with Crippen molar-refractivity contribution in [2.75, 3.05) is 5.32 Å². The zero-order chi connectivity index (χ0) is 17.1. The summed E-state index contributed by atoms with van der Waals surface area (Å²) in [5, 5.41) is 9.66. The molecular weight excluding hydrogens is 375 g/mol. The molecule has 1 heterocycles. The maximum absolute atomic E-state index is 13.3. The Morgan fingerprint density at radius 1 is 1.25 bits per heavy atom. The molecule has 2 aromatic carbocycles. The van der Waals surface area contributed by atoms with Crippen LogP contribution >= 0.6 is 15.9 Å². The molecule has 0 spiro atoms. The Morgan fingerprint density at radius 3 is 2.67 bits per heavy atom. The molecule has 0 aliphatic rings. The molecule has 24 heavy (non-hydrogen) atoms. The van der Waals surface area contributed by atoms with Crippen LogP contribution in [0.25, 0.3) is 11.4 Å². The van der Waals surface area contributed by atoms with Gasteiger partial charge in [-0.1, -0.05) is 15.9 Å². The van der Waals surface area contributed by atoms with Crippen molar-refractivity contribution < 1.29 is 9.18 Å². The van der Waals surface area contributed by atoms with Gasteiger partial charge in [0.2, 0.25) is 5.91 Å². The van der Waals surface area contributed by atoms with E-state index in [4.69, 9.17) is 0 Å². The van der Waals surface area contributed by atoms with Gasteiger partial charge in [0.05, 0.1) is 6.42 Å². The van der Waals surface area contributed by atoms with Crippen LogP contribution in [-0.2, 0) is 11.2 Å². The number of halogens is 2. The molecule has 3 aromatic rings. The first-order chi connectivity index (χ1) is 11.5. The summed E-state index contributed by atoms with van der Waals surface area (Å²) >= 11 is 3.32. The van der Waals surface area contributed by atoms with Crippen molar-refractivity contribution in [2.45, 2.75) is 13.3 Å². The Kier molecular flexibility index (Phi) is 4.71. The van der Waals surface area contributed by atoms with Gasteiger partial charge in [0, 0.05) is 15.7 Å². The van der Waals surface area contributed by atoms with Gasteiger partial charge in [0.15, 0.2) is 5.82 Å². The van der Waals surface area contributed by atoms with E-state index in [9.17, 15) is 9.18 Å². The minimum absolute atomic E-state index is 0.0835. The standard InChI is InChI=1S/C17H14BrFN4O/c1-10-20-17(23-22-10)11-2-5-14(6-3-11)21-16(24)9-12-8-13(19)4-7-15(12)18/h2-8H,9H2,1H3,(H,21,24)(H,20,22,23). The normalized spacial score (nSPS) is 10.6. The van der Waals surface area contributed by atoms with E-state index < -0.39 is 0 Å². The van der Waals surface area contributed by atoms with Crippen LogP contribution in [0, 0.1) is 12.7 Å². The molecule has 0 saturated carbocycles. The number of rotatable bonds is 4. The smallest absolute Gasteiger partial charge is 0.228 e. The lowest BCUT2D eigenvalue weighted by molar-refractivity contribution is -0.115. The molecule has 1 amide bonds. The highest BCUT2D eigenvalue weighted by Crippen LogP contribution is 2.20. The fourth-order valence-electron chi connectivity index (χ4n) is 2.23. The number of nitrogens with one attached hydrogen (secondary N) is 2. The molecule has 0 radical (unpaired) electrons. The second-order valence-corrected chi connectivity index (χ2v) is 6.14. The predicted molar refractivity (Wildman–Crippen MR) is 93.0 cm³/mol. The van der Waals surface area contributed by atoms with Crippen molar-refractivity contribution in [1.82, 2.24) is 15.2 Å². The highest BCUT2D eigenvalue weighted by molar-refractivity contribution is 9.10. The lowest BCUT2D eigenvalue weighted by atomic mass is 10.1. The number of amides is 1. The van der Waals surface area contributed by atoms with Crippen molar-refractivity contribution in [1.29, 1.82) is 0 Å². The third-order valence-electron chi connectivity index (χ3n) is 3.38. The zero-order valence-corrected chi connectivity index (χ0v) is 14.4. The molecule has 0 bridgehead atoms. The Hall–Kier alpha value is -2.54. The van der Waals surface area contributed by atoms with Crippen LogP contribution in [0.2, 0.25) is 0 Å². The minimum Gasteiger partial charge on any atom is -0.326 e. The fourth-order valence-corrected chi connectivity index (χ4v) is 2.62. The van der Waals surface area contributed by atoms with Gasteiger partial charge in [-0.05, 0) is 55.0 Å². The molecule has 2 N–H and O–H groups in total. The lowest BCUT2D eigenvalue weighted by Gasteiger charge is -2.07. The molecule has 5 nitrogen and oxygen atoms in total. The average molecular weight is 389 g/mol. The SMILES string of the molecule is Cc1nc(-c2ccc(NC(=O)Cc3cc(F)ccc3Br)cc2)n[nH]1. The van der Waals surface area contributed by atoms with E-state index >= 15 is 0 Å². The molecule has 1 aromatic heterocycles. The Labute approximate surface area is 146 Å². The van der Waals surface area contributed by atoms with Crippen LogP contribution in [0.5, 0.6) is 0 Å². The number of aromatic amines is 1. The van der Waals surface area contributed by atoms with Crippen LogP contribution in [0.1, 0.15) is 11.4 Å². The summed E-state index contributed by atoms with van der Waals surface area (Å²) < 4.78 is 14.0. The molecule has 0 aliphatic carbocycles. The second-order valence-electron chi connectivity index (χ2n) is 5.28. The predicted octanol–water partition coefficient (Wildman–Crippen LogP) is 3.86. The maximum Gasteiger partial charge on any atom is 0.228 e. The first kappa shape index (κ1) is 16.3. The second kappa shape index (κ2) is 6.92. The minimum atomic E-state index is -0.368. The first-order valence-corrected chi connectivity index (χ1v) is 8.04. The molecule has 7 heteroatoms.